The minimum Gasteiger partial charge on any atom is -0.302 e. The van der Waals surface area contributed by atoms with Crippen LogP contribution in [0.3, 0.4) is 0 Å². The first kappa shape index (κ1) is 19.3. The van der Waals surface area contributed by atoms with Crippen LogP contribution >= 0.6 is 0 Å². The van der Waals surface area contributed by atoms with E-state index in [9.17, 15) is 0 Å². The van der Waals surface area contributed by atoms with E-state index >= 15 is 0 Å². The molecule has 4 aromatic rings. The van der Waals surface area contributed by atoms with Crippen molar-refractivity contribution >= 4 is 5.65 Å². The Kier molecular flexibility index (Phi) is 5.20. The third-order valence-electron chi connectivity index (χ3n) is 5.45. The highest BCUT2D eigenvalue weighted by molar-refractivity contribution is 5.75. The van der Waals surface area contributed by atoms with Gasteiger partial charge < -0.3 is 4.90 Å². The molecule has 0 unspecified atom stereocenters. The maximum atomic E-state index is 4.71. The average molecular weight is 389 g/mol. The van der Waals surface area contributed by atoms with Crippen LogP contribution in [-0.2, 0) is 6.54 Å². The summed E-state index contributed by atoms with van der Waals surface area (Å²) in [6, 6.07) is 10.9. The lowest BCUT2D eigenvalue weighted by Crippen LogP contribution is -2.16. The minimum atomic E-state index is 0.330. The van der Waals surface area contributed by atoms with Gasteiger partial charge in [0.05, 0.1) is 11.4 Å². The van der Waals surface area contributed by atoms with Gasteiger partial charge >= 0.3 is 0 Å². The fourth-order valence-corrected chi connectivity index (χ4v) is 3.78. The van der Waals surface area contributed by atoms with Gasteiger partial charge in [0.2, 0.25) is 0 Å². The first-order valence-corrected chi connectivity index (χ1v) is 10.1. The van der Waals surface area contributed by atoms with Crippen molar-refractivity contribution in [1.29, 1.82) is 0 Å². The zero-order chi connectivity index (χ0) is 20.5. The number of nitrogens with zero attached hydrogens (tertiary/aromatic N) is 5. The molecule has 0 radical (unpaired) electrons. The van der Waals surface area contributed by atoms with Crippen molar-refractivity contribution < 1.29 is 0 Å². The zero-order valence-corrected chi connectivity index (χ0v) is 17.8. The lowest BCUT2D eigenvalue weighted by molar-refractivity contribution is 0.346. The molecule has 0 fully saturated rings. The molecule has 0 aliphatic rings. The van der Waals surface area contributed by atoms with Crippen molar-refractivity contribution in [3.8, 4) is 22.5 Å². The van der Waals surface area contributed by atoms with Crippen molar-refractivity contribution in [2.24, 2.45) is 0 Å². The van der Waals surface area contributed by atoms with Crippen LogP contribution in [0.5, 0.6) is 0 Å². The number of aromatic amines is 1. The number of aryl methyl sites for hydroxylation is 1. The van der Waals surface area contributed by atoms with Gasteiger partial charge in [0.15, 0.2) is 5.65 Å². The first-order valence-electron chi connectivity index (χ1n) is 10.1. The summed E-state index contributed by atoms with van der Waals surface area (Å²) in [6.45, 7) is 10.7. The van der Waals surface area contributed by atoms with E-state index in [0.29, 0.717) is 5.92 Å². The smallest absolute Gasteiger partial charge is 0.158 e. The predicted molar refractivity (Wildman–Crippen MR) is 117 cm³/mol. The first-order chi connectivity index (χ1) is 14.0. The van der Waals surface area contributed by atoms with Gasteiger partial charge in [-0.3, -0.25) is 5.10 Å². The van der Waals surface area contributed by atoms with E-state index in [0.717, 1.165) is 46.8 Å². The van der Waals surface area contributed by atoms with Crippen LogP contribution in [0.1, 0.15) is 43.4 Å². The minimum absolute atomic E-state index is 0.330. The molecule has 3 heterocycles. The Morgan fingerprint density at radius 3 is 2.59 bits per heavy atom. The van der Waals surface area contributed by atoms with Gasteiger partial charge in [-0.05, 0) is 49.2 Å². The van der Waals surface area contributed by atoms with Crippen LogP contribution in [-0.4, -0.2) is 43.3 Å². The summed E-state index contributed by atoms with van der Waals surface area (Å²) in [4.78, 5) is 6.62. The van der Waals surface area contributed by atoms with E-state index < -0.39 is 0 Å². The molecular weight excluding hydrogens is 360 g/mol. The highest BCUT2D eigenvalue weighted by Crippen LogP contribution is 2.36. The van der Waals surface area contributed by atoms with E-state index in [1.165, 1.54) is 11.1 Å². The molecule has 150 valence electrons. The Balaban J connectivity index is 1.75. The number of hydrogen-bond acceptors (Lipinski definition) is 4. The van der Waals surface area contributed by atoms with Crippen LogP contribution in [0.2, 0.25) is 0 Å². The quantitative estimate of drug-likeness (QED) is 0.521. The van der Waals surface area contributed by atoms with Gasteiger partial charge in [-0.2, -0.15) is 10.2 Å². The molecule has 1 aromatic carbocycles. The Morgan fingerprint density at radius 1 is 1.14 bits per heavy atom. The largest absolute Gasteiger partial charge is 0.302 e. The summed E-state index contributed by atoms with van der Waals surface area (Å²) < 4.78 is 1.82. The highest BCUT2D eigenvalue weighted by atomic mass is 15.3. The molecule has 0 aliphatic carbocycles. The van der Waals surface area contributed by atoms with E-state index in [-0.39, 0.29) is 0 Å². The predicted octanol–water partition coefficient (Wildman–Crippen LogP) is 4.67. The monoisotopic (exact) mass is 388 g/mol. The standard InChI is InChI=1S/C23H28N6/c1-6-28(5)12-17-7-9-18(10-8-17)21-20(15(2)3)22(27-26-21)19-11-16(4)23-24-14-25-29(23)13-19/h7-11,13-15H,6,12H2,1-5H3,(H,26,27). The molecule has 0 spiro atoms. The van der Waals surface area contributed by atoms with Crippen molar-refractivity contribution in [3.63, 3.8) is 0 Å². The van der Waals surface area contributed by atoms with Crippen LogP contribution < -0.4 is 0 Å². The summed E-state index contributed by atoms with van der Waals surface area (Å²) in [6.07, 6.45) is 3.59. The van der Waals surface area contributed by atoms with E-state index in [2.05, 4.69) is 85.2 Å². The Labute approximate surface area is 171 Å². The maximum absolute atomic E-state index is 4.71. The van der Waals surface area contributed by atoms with Crippen molar-refractivity contribution in [2.45, 2.75) is 40.2 Å². The molecule has 1 N–H and O–H groups in total. The molecule has 0 aliphatic heterocycles. The van der Waals surface area contributed by atoms with Crippen LogP contribution in [0.15, 0.2) is 42.9 Å². The van der Waals surface area contributed by atoms with E-state index in [1.807, 2.05) is 10.7 Å². The summed E-state index contributed by atoms with van der Waals surface area (Å²) in [7, 11) is 2.14. The molecule has 6 nitrogen and oxygen atoms in total. The molecule has 4 rings (SSSR count). The Hall–Kier alpha value is -2.99. The third kappa shape index (κ3) is 3.68. The van der Waals surface area contributed by atoms with Gasteiger partial charge in [0.25, 0.3) is 0 Å². The zero-order valence-electron chi connectivity index (χ0n) is 17.8. The van der Waals surface area contributed by atoms with Crippen LogP contribution in [0, 0.1) is 6.92 Å². The number of aromatic nitrogens is 5. The second-order valence-corrected chi connectivity index (χ2v) is 7.98. The molecule has 0 atom stereocenters. The van der Waals surface area contributed by atoms with Gasteiger partial charge in [0.1, 0.15) is 6.33 Å². The van der Waals surface area contributed by atoms with Gasteiger partial charge in [-0.25, -0.2) is 9.50 Å². The summed E-state index contributed by atoms with van der Waals surface area (Å²) >= 11 is 0. The third-order valence-corrected chi connectivity index (χ3v) is 5.45. The highest BCUT2D eigenvalue weighted by Gasteiger charge is 2.20. The lowest BCUT2D eigenvalue weighted by Gasteiger charge is -2.14. The average Bonchev–Trinajstić information content (AvgIpc) is 3.35. The van der Waals surface area contributed by atoms with E-state index in [4.69, 9.17) is 5.10 Å². The van der Waals surface area contributed by atoms with Crippen molar-refractivity contribution in [3.05, 3.63) is 59.5 Å². The van der Waals surface area contributed by atoms with Crippen molar-refractivity contribution in [1.82, 2.24) is 29.7 Å². The molecule has 0 saturated carbocycles. The second-order valence-electron chi connectivity index (χ2n) is 7.98. The molecule has 6 heteroatoms. The summed E-state index contributed by atoms with van der Waals surface area (Å²) in [5, 5.41) is 12.3. The van der Waals surface area contributed by atoms with Gasteiger partial charge in [0, 0.05) is 23.9 Å². The summed E-state index contributed by atoms with van der Waals surface area (Å²) in [5.74, 6) is 0.330. The number of rotatable bonds is 6. The Bertz CT molecular complexity index is 1120. The normalized spacial score (nSPS) is 11.8. The SMILES string of the molecule is CCN(C)Cc1ccc(-c2[nH]nc(-c3cc(C)c4ncnn4c3)c2C(C)C)cc1. The second kappa shape index (κ2) is 7.79. The van der Waals surface area contributed by atoms with E-state index in [1.54, 1.807) is 6.33 Å². The van der Waals surface area contributed by atoms with Gasteiger partial charge in [-0.1, -0.05) is 45.0 Å². The summed E-state index contributed by atoms with van der Waals surface area (Å²) in [5.41, 5.74) is 8.78. The number of benzene rings is 1. The maximum Gasteiger partial charge on any atom is 0.158 e. The molecule has 3 aromatic heterocycles. The number of H-pyrrole nitrogens is 1. The van der Waals surface area contributed by atoms with Gasteiger partial charge in [-0.15, -0.1) is 0 Å². The number of hydrogen-bond donors (Lipinski definition) is 1. The van der Waals surface area contributed by atoms with Crippen LogP contribution in [0.25, 0.3) is 28.2 Å². The molecule has 0 amide bonds. The van der Waals surface area contributed by atoms with Crippen LogP contribution in [0.4, 0.5) is 0 Å². The van der Waals surface area contributed by atoms with Crippen molar-refractivity contribution in [2.75, 3.05) is 13.6 Å². The molecular formula is C23H28N6. The fraction of sp³-hybridized carbons (Fsp3) is 0.348. The fourth-order valence-electron chi connectivity index (χ4n) is 3.78. The number of nitrogens with one attached hydrogen (secondary N) is 1. The molecule has 29 heavy (non-hydrogen) atoms. The number of pyridine rings is 1. The topological polar surface area (TPSA) is 62.1 Å². The molecule has 0 bridgehead atoms. The molecule has 0 saturated heterocycles. The lowest BCUT2D eigenvalue weighted by atomic mass is 9.93. The number of fused-ring (bicyclic) bond motifs is 1. The Morgan fingerprint density at radius 2 is 1.90 bits per heavy atom.